The molecule has 2 atom stereocenters. The Bertz CT molecular complexity index is 484. The summed E-state index contributed by atoms with van der Waals surface area (Å²) in [6, 6.07) is 4.58. The Morgan fingerprint density at radius 1 is 1.43 bits per heavy atom. The number of thiophene rings is 1. The van der Waals surface area contributed by atoms with Gasteiger partial charge in [-0.2, -0.15) is 0 Å². The maximum Gasteiger partial charge on any atom is 0.310 e. The molecule has 5 heteroatoms. The van der Waals surface area contributed by atoms with E-state index >= 15 is 0 Å². The second-order valence-electron chi connectivity index (χ2n) is 6.06. The van der Waals surface area contributed by atoms with Gasteiger partial charge >= 0.3 is 5.97 Å². The third kappa shape index (κ3) is 3.84. The third-order valence-corrected chi connectivity index (χ3v) is 5.42. The van der Waals surface area contributed by atoms with Crippen LogP contribution in [-0.2, 0) is 27.2 Å². The van der Waals surface area contributed by atoms with Gasteiger partial charge in [0.15, 0.2) is 0 Å². The molecule has 0 amide bonds. The standard InChI is InChI=1S/C16H25NO3S/c1-5-20-14-9-13(16(14,2)3)17-10-12-7-6-11(21-12)8-15(18)19-4/h6-7,13-14,17H,5,8-10H2,1-4H3. The average molecular weight is 311 g/mol. The predicted molar refractivity (Wildman–Crippen MR) is 84.5 cm³/mol. The highest BCUT2D eigenvalue weighted by Crippen LogP contribution is 2.42. The SMILES string of the molecule is CCOC1CC(NCc2ccc(CC(=O)OC)s2)C1(C)C. The molecular formula is C16H25NO3S. The molecule has 2 unspecified atom stereocenters. The number of hydrogen-bond acceptors (Lipinski definition) is 5. The zero-order valence-corrected chi connectivity index (χ0v) is 14.1. The fourth-order valence-corrected chi connectivity index (χ4v) is 3.72. The van der Waals surface area contributed by atoms with Crippen molar-refractivity contribution in [3.05, 3.63) is 21.9 Å². The maximum atomic E-state index is 11.2. The van der Waals surface area contributed by atoms with Crippen molar-refractivity contribution >= 4 is 17.3 Å². The highest BCUT2D eigenvalue weighted by molar-refractivity contribution is 7.12. The van der Waals surface area contributed by atoms with Crippen molar-refractivity contribution in [1.82, 2.24) is 5.32 Å². The monoisotopic (exact) mass is 311 g/mol. The Kier molecular flexibility index (Phi) is 5.41. The fraction of sp³-hybridized carbons (Fsp3) is 0.688. The van der Waals surface area contributed by atoms with Gasteiger partial charge in [-0.3, -0.25) is 4.79 Å². The normalized spacial score (nSPS) is 23.6. The van der Waals surface area contributed by atoms with Crippen molar-refractivity contribution in [3.63, 3.8) is 0 Å². The van der Waals surface area contributed by atoms with E-state index in [2.05, 4.69) is 30.0 Å². The van der Waals surface area contributed by atoms with Gasteiger partial charge in [-0.25, -0.2) is 0 Å². The predicted octanol–water partition coefficient (Wildman–Crippen LogP) is 2.76. The van der Waals surface area contributed by atoms with Gasteiger partial charge in [0, 0.05) is 34.4 Å². The summed E-state index contributed by atoms with van der Waals surface area (Å²) >= 11 is 1.67. The summed E-state index contributed by atoms with van der Waals surface area (Å²) < 4.78 is 10.4. The molecule has 118 valence electrons. The Labute approximate surface area is 130 Å². The zero-order valence-electron chi connectivity index (χ0n) is 13.3. The fourth-order valence-electron chi connectivity index (χ4n) is 2.77. The molecule has 0 radical (unpaired) electrons. The molecule has 0 bridgehead atoms. The summed E-state index contributed by atoms with van der Waals surface area (Å²) in [7, 11) is 1.42. The lowest BCUT2D eigenvalue weighted by Gasteiger charge is -2.51. The van der Waals surface area contributed by atoms with Crippen molar-refractivity contribution in [2.45, 2.75) is 52.3 Å². The summed E-state index contributed by atoms with van der Waals surface area (Å²) in [5, 5.41) is 3.61. The van der Waals surface area contributed by atoms with Gasteiger partial charge in [0.1, 0.15) is 0 Å². The zero-order chi connectivity index (χ0) is 15.5. The Hall–Kier alpha value is -0.910. The number of hydrogen-bond donors (Lipinski definition) is 1. The Morgan fingerprint density at radius 3 is 2.76 bits per heavy atom. The van der Waals surface area contributed by atoms with Crippen LogP contribution in [0, 0.1) is 5.41 Å². The van der Waals surface area contributed by atoms with Crippen molar-refractivity contribution in [2.24, 2.45) is 5.41 Å². The number of methoxy groups -OCH3 is 1. The molecule has 2 rings (SSSR count). The number of carbonyl (C=O) groups excluding carboxylic acids is 1. The molecule has 4 nitrogen and oxygen atoms in total. The van der Waals surface area contributed by atoms with Crippen LogP contribution in [0.25, 0.3) is 0 Å². The summed E-state index contributed by atoms with van der Waals surface area (Å²) in [6.45, 7) is 8.18. The molecule has 0 spiro atoms. The first-order valence-electron chi connectivity index (χ1n) is 7.46. The lowest BCUT2D eigenvalue weighted by atomic mass is 9.64. The highest BCUT2D eigenvalue weighted by Gasteiger charge is 2.48. The molecule has 0 aromatic carbocycles. The van der Waals surface area contributed by atoms with Crippen molar-refractivity contribution < 1.29 is 14.3 Å². The second-order valence-corrected chi connectivity index (χ2v) is 7.31. The van der Waals surface area contributed by atoms with Crippen LogP contribution in [0.15, 0.2) is 12.1 Å². The topological polar surface area (TPSA) is 47.6 Å². The lowest BCUT2D eigenvalue weighted by Crippen LogP contribution is -2.60. The molecule has 1 aromatic rings. The van der Waals surface area contributed by atoms with Gasteiger partial charge < -0.3 is 14.8 Å². The number of rotatable bonds is 7. The minimum atomic E-state index is -0.184. The van der Waals surface area contributed by atoms with Gasteiger partial charge in [-0.15, -0.1) is 11.3 Å². The van der Waals surface area contributed by atoms with Crippen LogP contribution in [-0.4, -0.2) is 31.8 Å². The van der Waals surface area contributed by atoms with Crippen LogP contribution < -0.4 is 5.32 Å². The van der Waals surface area contributed by atoms with E-state index in [4.69, 9.17) is 4.74 Å². The Morgan fingerprint density at radius 2 is 2.14 bits per heavy atom. The first-order valence-corrected chi connectivity index (χ1v) is 8.28. The summed E-state index contributed by atoms with van der Waals surface area (Å²) in [6.07, 6.45) is 1.79. The number of esters is 1. The third-order valence-electron chi connectivity index (χ3n) is 4.33. The van der Waals surface area contributed by atoms with Gasteiger partial charge in [0.2, 0.25) is 0 Å². The second kappa shape index (κ2) is 6.90. The van der Waals surface area contributed by atoms with Gasteiger partial charge in [0.05, 0.1) is 19.6 Å². The van der Waals surface area contributed by atoms with Gasteiger partial charge in [-0.1, -0.05) is 13.8 Å². The molecule has 1 aliphatic rings. The average Bonchev–Trinajstić information content (AvgIpc) is 2.89. The molecule has 1 saturated carbocycles. The molecule has 1 fully saturated rings. The maximum absolute atomic E-state index is 11.2. The first kappa shape index (κ1) is 16.5. The Balaban J connectivity index is 1.80. The van der Waals surface area contributed by atoms with Gasteiger partial charge in [-0.05, 0) is 25.5 Å². The van der Waals surface area contributed by atoms with Crippen LogP contribution in [0.5, 0.6) is 0 Å². The van der Waals surface area contributed by atoms with E-state index < -0.39 is 0 Å². The highest BCUT2D eigenvalue weighted by atomic mass is 32.1. The van der Waals surface area contributed by atoms with E-state index in [1.54, 1.807) is 11.3 Å². The molecule has 0 saturated heterocycles. The van der Waals surface area contributed by atoms with E-state index in [-0.39, 0.29) is 11.4 Å². The molecule has 1 heterocycles. The molecule has 1 aliphatic carbocycles. The summed E-state index contributed by atoms with van der Waals surface area (Å²) in [5.74, 6) is -0.184. The molecule has 1 aromatic heterocycles. The van der Waals surface area contributed by atoms with Crippen LogP contribution in [0.3, 0.4) is 0 Å². The smallest absolute Gasteiger partial charge is 0.310 e. The van der Waals surface area contributed by atoms with E-state index in [0.29, 0.717) is 18.6 Å². The van der Waals surface area contributed by atoms with Crippen molar-refractivity contribution in [3.8, 4) is 0 Å². The molecular weight excluding hydrogens is 286 g/mol. The molecule has 1 N–H and O–H groups in total. The lowest BCUT2D eigenvalue weighted by molar-refractivity contribution is -0.139. The number of ether oxygens (including phenoxy) is 2. The van der Waals surface area contributed by atoms with Crippen LogP contribution >= 0.6 is 11.3 Å². The summed E-state index contributed by atoms with van der Waals surface area (Å²) in [4.78, 5) is 13.6. The number of nitrogens with one attached hydrogen (secondary N) is 1. The largest absolute Gasteiger partial charge is 0.469 e. The van der Waals surface area contributed by atoms with Crippen LogP contribution in [0.2, 0.25) is 0 Å². The first-order chi connectivity index (χ1) is 9.97. The van der Waals surface area contributed by atoms with E-state index in [1.807, 2.05) is 13.0 Å². The van der Waals surface area contributed by atoms with Crippen LogP contribution in [0.1, 0.15) is 36.9 Å². The van der Waals surface area contributed by atoms with Crippen molar-refractivity contribution in [2.75, 3.05) is 13.7 Å². The van der Waals surface area contributed by atoms with Gasteiger partial charge in [0.25, 0.3) is 0 Å². The van der Waals surface area contributed by atoms with E-state index in [9.17, 15) is 4.79 Å². The van der Waals surface area contributed by atoms with Crippen molar-refractivity contribution in [1.29, 1.82) is 0 Å². The number of carbonyl (C=O) groups is 1. The van der Waals surface area contributed by atoms with Crippen LogP contribution in [0.4, 0.5) is 0 Å². The summed E-state index contributed by atoms with van der Waals surface area (Å²) in [5.41, 5.74) is 0.183. The molecule has 0 aliphatic heterocycles. The quantitative estimate of drug-likeness (QED) is 0.787. The van der Waals surface area contributed by atoms with E-state index in [0.717, 1.165) is 24.4 Å². The minimum Gasteiger partial charge on any atom is -0.469 e. The molecule has 21 heavy (non-hydrogen) atoms. The minimum absolute atomic E-state index is 0.183. The van der Waals surface area contributed by atoms with E-state index in [1.165, 1.54) is 12.0 Å².